The summed E-state index contributed by atoms with van der Waals surface area (Å²) in [5, 5.41) is 6.94. The Labute approximate surface area is 141 Å². The Balaban J connectivity index is 1.67. The first-order chi connectivity index (χ1) is 11.1. The van der Waals surface area contributed by atoms with Crippen molar-refractivity contribution < 1.29 is 9.18 Å². The molecule has 6 heteroatoms. The Bertz CT molecular complexity index is 833. The van der Waals surface area contributed by atoms with Crippen LogP contribution >= 0.6 is 15.9 Å². The van der Waals surface area contributed by atoms with Crippen LogP contribution in [0.3, 0.4) is 0 Å². The molecule has 0 aliphatic rings. The van der Waals surface area contributed by atoms with Crippen molar-refractivity contribution in [2.75, 3.05) is 0 Å². The summed E-state index contributed by atoms with van der Waals surface area (Å²) in [6, 6.07) is 14.0. The van der Waals surface area contributed by atoms with Crippen molar-refractivity contribution in [2.24, 2.45) is 0 Å². The number of aromatic nitrogens is 2. The van der Waals surface area contributed by atoms with Crippen molar-refractivity contribution >= 4 is 21.8 Å². The van der Waals surface area contributed by atoms with Gasteiger partial charge in [-0.1, -0.05) is 34.1 Å². The lowest BCUT2D eigenvalue weighted by Crippen LogP contribution is -2.23. The molecule has 3 rings (SSSR count). The highest BCUT2D eigenvalue weighted by molar-refractivity contribution is 9.10. The van der Waals surface area contributed by atoms with Gasteiger partial charge in [0.2, 0.25) is 0 Å². The van der Waals surface area contributed by atoms with E-state index in [9.17, 15) is 9.18 Å². The fourth-order valence-electron chi connectivity index (χ4n) is 2.12. The molecule has 2 aromatic carbocycles. The molecule has 0 atom stereocenters. The van der Waals surface area contributed by atoms with E-state index >= 15 is 0 Å². The molecule has 0 saturated carbocycles. The number of nitrogens with one attached hydrogen (secondary N) is 1. The minimum Gasteiger partial charge on any atom is -0.348 e. The van der Waals surface area contributed by atoms with Crippen LogP contribution in [0.4, 0.5) is 4.39 Å². The summed E-state index contributed by atoms with van der Waals surface area (Å²) in [6.07, 6.45) is 3.50. The van der Waals surface area contributed by atoms with E-state index in [-0.39, 0.29) is 12.1 Å². The van der Waals surface area contributed by atoms with E-state index in [0.717, 1.165) is 11.3 Å². The van der Waals surface area contributed by atoms with E-state index in [0.29, 0.717) is 4.47 Å². The normalized spacial score (nSPS) is 10.5. The molecule has 1 N–H and O–H groups in total. The zero-order chi connectivity index (χ0) is 16.2. The van der Waals surface area contributed by atoms with Crippen LogP contribution in [0.15, 0.2) is 65.4 Å². The maximum Gasteiger partial charge on any atom is 0.254 e. The molecule has 0 spiro atoms. The fourth-order valence-corrected chi connectivity index (χ4v) is 2.46. The van der Waals surface area contributed by atoms with E-state index in [1.807, 2.05) is 36.5 Å². The number of halogens is 2. The van der Waals surface area contributed by atoms with Gasteiger partial charge in [0.05, 0.1) is 17.4 Å². The second-order valence-electron chi connectivity index (χ2n) is 4.94. The number of hydrogen-bond acceptors (Lipinski definition) is 2. The molecule has 23 heavy (non-hydrogen) atoms. The molecular weight excluding hydrogens is 361 g/mol. The maximum absolute atomic E-state index is 13.7. The Hall–Kier alpha value is -2.47. The molecule has 0 aliphatic carbocycles. The van der Waals surface area contributed by atoms with E-state index in [4.69, 9.17) is 0 Å². The molecular formula is C17H13BrFN3O. The summed E-state index contributed by atoms with van der Waals surface area (Å²) in [4.78, 5) is 12.0. The minimum absolute atomic E-state index is 0.0173. The van der Waals surface area contributed by atoms with Crippen molar-refractivity contribution in [1.29, 1.82) is 0 Å². The second-order valence-corrected chi connectivity index (χ2v) is 5.85. The minimum atomic E-state index is -0.558. The summed E-state index contributed by atoms with van der Waals surface area (Å²) < 4.78 is 16.1. The van der Waals surface area contributed by atoms with Crippen LogP contribution in [0, 0.1) is 5.82 Å². The van der Waals surface area contributed by atoms with Crippen LogP contribution in [0.5, 0.6) is 0 Å². The predicted octanol–water partition coefficient (Wildman–Crippen LogP) is 3.70. The Morgan fingerprint density at radius 1 is 1.22 bits per heavy atom. The number of hydrogen-bond donors (Lipinski definition) is 1. The van der Waals surface area contributed by atoms with Crippen LogP contribution < -0.4 is 5.32 Å². The number of para-hydroxylation sites is 1. The third-order valence-electron chi connectivity index (χ3n) is 3.29. The average molecular weight is 374 g/mol. The predicted molar refractivity (Wildman–Crippen MR) is 88.8 cm³/mol. The molecule has 0 aliphatic heterocycles. The summed E-state index contributed by atoms with van der Waals surface area (Å²) in [6.45, 7) is 0.279. The summed E-state index contributed by atoms with van der Waals surface area (Å²) >= 11 is 3.16. The SMILES string of the molecule is O=C(NCc1cnn(-c2ccccc2)c1)c1ccc(Br)cc1F. The molecule has 3 aromatic rings. The number of carbonyl (C=O) groups excluding carboxylic acids is 1. The van der Waals surface area contributed by atoms with Crippen molar-refractivity contribution in [1.82, 2.24) is 15.1 Å². The molecule has 0 unspecified atom stereocenters. The number of amides is 1. The second kappa shape index (κ2) is 6.75. The number of rotatable bonds is 4. The number of benzene rings is 2. The molecule has 0 radical (unpaired) electrons. The highest BCUT2D eigenvalue weighted by atomic mass is 79.9. The molecule has 4 nitrogen and oxygen atoms in total. The van der Waals surface area contributed by atoms with Crippen molar-refractivity contribution in [2.45, 2.75) is 6.54 Å². The standard InChI is InChI=1S/C17H13BrFN3O/c18-13-6-7-15(16(19)8-13)17(23)20-9-12-10-21-22(11-12)14-4-2-1-3-5-14/h1-8,10-11H,9H2,(H,20,23). The van der Waals surface area contributed by atoms with Gasteiger partial charge in [-0.05, 0) is 30.3 Å². The summed E-state index contributed by atoms with van der Waals surface area (Å²) in [7, 11) is 0. The van der Waals surface area contributed by atoms with Gasteiger partial charge in [0.25, 0.3) is 5.91 Å². The van der Waals surface area contributed by atoms with Crippen molar-refractivity contribution in [3.05, 3.63) is 82.3 Å². The molecule has 116 valence electrons. The summed E-state index contributed by atoms with van der Waals surface area (Å²) in [5.41, 5.74) is 1.78. The molecule has 1 heterocycles. The molecule has 1 aromatic heterocycles. The zero-order valence-corrected chi connectivity index (χ0v) is 13.6. The van der Waals surface area contributed by atoms with Crippen molar-refractivity contribution in [3.63, 3.8) is 0 Å². The van der Waals surface area contributed by atoms with Gasteiger partial charge in [0, 0.05) is 22.8 Å². The smallest absolute Gasteiger partial charge is 0.254 e. The fraction of sp³-hybridized carbons (Fsp3) is 0.0588. The van der Waals surface area contributed by atoms with Gasteiger partial charge in [0.1, 0.15) is 5.82 Å². The van der Waals surface area contributed by atoms with Gasteiger partial charge >= 0.3 is 0 Å². The number of nitrogens with zero attached hydrogens (tertiary/aromatic N) is 2. The van der Waals surface area contributed by atoms with Gasteiger partial charge in [-0.2, -0.15) is 5.10 Å². The highest BCUT2D eigenvalue weighted by Gasteiger charge is 2.12. The maximum atomic E-state index is 13.7. The van der Waals surface area contributed by atoms with E-state index < -0.39 is 11.7 Å². The van der Waals surface area contributed by atoms with Gasteiger partial charge in [-0.15, -0.1) is 0 Å². The van der Waals surface area contributed by atoms with Crippen LogP contribution in [-0.2, 0) is 6.54 Å². The van der Waals surface area contributed by atoms with Gasteiger partial charge in [-0.25, -0.2) is 9.07 Å². The van der Waals surface area contributed by atoms with Crippen molar-refractivity contribution in [3.8, 4) is 5.69 Å². The third-order valence-corrected chi connectivity index (χ3v) is 3.78. The van der Waals surface area contributed by atoms with Gasteiger partial charge < -0.3 is 5.32 Å². The Morgan fingerprint density at radius 2 is 2.00 bits per heavy atom. The quantitative estimate of drug-likeness (QED) is 0.757. The van der Waals surface area contributed by atoms with Gasteiger partial charge in [0.15, 0.2) is 0 Å². The average Bonchev–Trinajstić information content (AvgIpc) is 3.02. The highest BCUT2D eigenvalue weighted by Crippen LogP contribution is 2.15. The lowest BCUT2D eigenvalue weighted by Gasteiger charge is -2.05. The third kappa shape index (κ3) is 3.65. The number of carbonyl (C=O) groups is 1. The first kappa shape index (κ1) is 15.4. The zero-order valence-electron chi connectivity index (χ0n) is 12.0. The van der Waals surface area contributed by atoms with E-state index in [1.54, 1.807) is 16.9 Å². The lowest BCUT2D eigenvalue weighted by molar-refractivity contribution is 0.0947. The first-order valence-corrected chi connectivity index (χ1v) is 7.75. The van der Waals surface area contributed by atoms with Crippen LogP contribution in [-0.4, -0.2) is 15.7 Å². The lowest BCUT2D eigenvalue weighted by atomic mass is 10.2. The van der Waals surface area contributed by atoms with E-state index in [2.05, 4.69) is 26.3 Å². The molecule has 0 fully saturated rings. The monoisotopic (exact) mass is 373 g/mol. The van der Waals surface area contributed by atoms with Crippen LogP contribution in [0.1, 0.15) is 15.9 Å². The first-order valence-electron chi connectivity index (χ1n) is 6.96. The van der Waals surface area contributed by atoms with Crippen LogP contribution in [0.25, 0.3) is 5.69 Å². The topological polar surface area (TPSA) is 46.9 Å². The summed E-state index contributed by atoms with van der Waals surface area (Å²) in [5.74, 6) is -1.01. The molecule has 0 bridgehead atoms. The Morgan fingerprint density at radius 3 is 2.74 bits per heavy atom. The van der Waals surface area contributed by atoms with E-state index in [1.165, 1.54) is 12.1 Å². The van der Waals surface area contributed by atoms with Gasteiger partial charge in [-0.3, -0.25) is 4.79 Å². The molecule has 0 saturated heterocycles. The Kier molecular flexibility index (Phi) is 4.52. The molecule has 1 amide bonds. The largest absolute Gasteiger partial charge is 0.348 e. The van der Waals surface area contributed by atoms with Crippen LogP contribution in [0.2, 0.25) is 0 Å².